The number of ether oxygens (including phenoxy) is 1. The second-order valence-corrected chi connectivity index (χ2v) is 5.85. The van der Waals surface area contributed by atoms with Crippen LogP contribution in [0.5, 0.6) is 5.75 Å². The van der Waals surface area contributed by atoms with E-state index < -0.39 is 12.6 Å². The minimum absolute atomic E-state index is 0.104. The summed E-state index contributed by atoms with van der Waals surface area (Å²) in [5.74, 6) is -1.02. The van der Waals surface area contributed by atoms with Crippen LogP contribution in [-0.4, -0.2) is 17.7 Å². The molecule has 122 valence electrons. The minimum Gasteiger partial charge on any atom is -0.479 e. The summed E-state index contributed by atoms with van der Waals surface area (Å²) in [5, 5.41) is 18.4. The molecule has 0 fully saturated rings. The minimum atomic E-state index is -1.13. The molecule has 0 radical (unpaired) electrons. The van der Waals surface area contributed by atoms with Crippen LogP contribution in [0.3, 0.4) is 0 Å². The smallest absolute Gasteiger partial charge is 0.341 e. The van der Waals surface area contributed by atoms with E-state index in [1.54, 1.807) is 18.2 Å². The Kier molecular flexibility index (Phi) is 5.86. The van der Waals surface area contributed by atoms with Gasteiger partial charge in [0.05, 0.1) is 21.7 Å². The summed E-state index contributed by atoms with van der Waals surface area (Å²) in [5.41, 5.74) is 2.91. The summed E-state index contributed by atoms with van der Waals surface area (Å²) in [6, 6.07) is 12.9. The fraction of sp³-hybridized carbons (Fsp3) is 0.111. The van der Waals surface area contributed by atoms with E-state index in [1.807, 2.05) is 31.2 Å². The summed E-state index contributed by atoms with van der Waals surface area (Å²) in [4.78, 5) is 10.6. The Morgan fingerprint density at radius 3 is 2.50 bits per heavy atom. The van der Waals surface area contributed by atoms with Crippen LogP contribution in [0.2, 0.25) is 10.0 Å². The molecule has 0 aliphatic carbocycles. The highest BCUT2D eigenvalue weighted by Crippen LogP contribution is 2.35. The van der Waals surface area contributed by atoms with Gasteiger partial charge in [0.15, 0.2) is 12.4 Å². The third kappa shape index (κ3) is 4.51. The fourth-order valence-corrected chi connectivity index (χ4v) is 2.71. The van der Waals surface area contributed by atoms with Crippen molar-refractivity contribution >= 4 is 40.8 Å². The first kappa shape index (κ1) is 17.9. The highest BCUT2D eigenvalue weighted by atomic mass is 35.5. The van der Waals surface area contributed by atoms with Gasteiger partial charge in [-0.25, -0.2) is 4.79 Å². The molecule has 2 aromatic rings. The second kappa shape index (κ2) is 7.87. The van der Waals surface area contributed by atoms with E-state index in [0.29, 0.717) is 11.1 Å². The number of hydrogen-bond acceptors (Lipinski definition) is 3. The van der Waals surface area contributed by atoms with E-state index in [1.165, 1.54) is 0 Å². The number of nitrogens with zero attached hydrogens (tertiary/aromatic N) is 1. The second-order valence-electron chi connectivity index (χ2n) is 5.04. The summed E-state index contributed by atoms with van der Waals surface area (Å²) < 4.78 is 5.07. The van der Waals surface area contributed by atoms with Crippen LogP contribution < -0.4 is 4.74 Å². The predicted octanol–water partition coefficient (Wildman–Crippen LogP) is 4.83. The number of aryl methyl sites for hydroxylation is 1. The lowest BCUT2D eigenvalue weighted by molar-refractivity contribution is -0.139. The van der Waals surface area contributed by atoms with Gasteiger partial charge in [0.1, 0.15) is 0 Å². The number of carbonyl (C=O) groups is 1. The molecule has 0 aliphatic rings. The Morgan fingerprint density at radius 1 is 1.29 bits per heavy atom. The molecule has 0 saturated carbocycles. The zero-order chi connectivity index (χ0) is 17.7. The molecule has 0 amide bonds. The average Bonchev–Trinajstić information content (AvgIpc) is 2.51. The summed E-state index contributed by atoms with van der Waals surface area (Å²) in [7, 11) is 0. The Bertz CT molecular complexity index is 831. The SMILES string of the molecule is Cc1cccc(/C(C#N)=C/c2cc(Cl)c(OCC(=O)O)c(Cl)c2)c1. The van der Waals surface area contributed by atoms with Gasteiger partial charge in [-0.1, -0.05) is 53.0 Å². The number of carboxylic acid groups (broad SMARTS) is 1. The van der Waals surface area contributed by atoms with Crippen LogP contribution >= 0.6 is 23.2 Å². The van der Waals surface area contributed by atoms with Gasteiger partial charge in [0.2, 0.25) is 0 Å². The first-order valence-corrected chi connectivity index (χ1v) is 7.69. The van der Waals surface area contributed by atoms with Crippen LogP contribution in [0.25, 0.3) is 11.6 Å². The van der Waals surface area contributed by atoms with Gasteiger partial charge < -0.3 is 9.84 Å². The molecule has 0 aromatic heterocycles. The quantitative estimate of drug-likeness (QED) is 0.611. The molecule has 6 heteroatoms. The summed E-state index contributed by atoms with van der Waals surface area (Å²) >= 11 is 12.2. The monoisotopic (exact) mass is 361 g/mol. The molecule has 4 nitrogen and oxygen atoms in total. The van der Waals surface area contributed by atoms with Crippen LogP contribution in [0, 0.1) is 18.3 Å². The van der Waals surface area contributed by atoms with Crippen molar-refractivity contribution in [1.82, 2.24) is 0 Å². The zero-order valence-electron chi connectivity index (χ0n) is 12.7. The molecule has 2 aromatic carbocycles. The third-order valence-electron chi connectivity index (χ3n) is 3.12. The van der Waals surface area contributed by atoms with Gasteiger partial charge in [0.25, 0.3) is 0 Å². The fourth-order valence-electron chi connectivity index (χ4n) is 2.09. The van der Waals surface area contributed by atoms with Crippen LogP contribution in [-0.2, 0) is 4.79 Å². The molecule has 0 aliphatic heterocycles. The van der Waals surface area contributed by atoms with Crippen molar-refractivity contribution < 1.29 is 14.6 Å². The normalized spacial score (nSPS) is 11.0. The van der Waals surface area contributed by atoms with Gasteiger partial charge in [-0.2, -0.15) is 5.26 Å². The number of nitriles is 1. The third-order valence-corrected chi connectivity index (χ3v) is 3.68. The molecular formula is C18H13Cl2NO3. The molecule has 0 saturated heterocycles. The molecule has 0 bridgehead atoms. The maximum absolute atomic E-state index is 10.6. The van der Waals surface area contributed by atoms with Crippen molar-refractivity contribution in [2.75, 3.05) is 6.61 Å². The molecule has 2 rings (SSSR count). The van der Waals surface area contributed by atoms with Crippen molar-refractivity contribution in [1.29, 1.82) is 5.26 Å². The number of halogens is 2. The molecule has 0 unspecified atom stereocenters. The number of carboxylic acids is 1. The lowest BCUT2D eigenvalue weighted by atomic mass is 10.0. The van der Waals surface area contributed by atoms with E-state index in [9.17, 15) is 10.1 Å². The van der Waals surface area contributed by atoms with Crippen LogP contribution in [0.15, 0.2) is 36.4 Å². The molecule has 1 N–H and O–H groups in total. The van der Waals surface area contributed by atoms with Crippen molar-refractivity contribution in [3.05, 3.63) is 63.1 Å². The average molecular weight is 362 g/mol. The Balaban J connectivity index is 2.38. The largest absolute Gasteiger partial charge is 0.479 e. The number of hydrogen-bond donors (Lipinski definition) is 1. The van der Waals surface area contributed by atoms with E-state index in [4.69, 9.17) is 33.0 Å². The maximum atomic E-state index is 10.6. The molecule has 0 spiro atoms. The first-order chi connectivity index (χ1) is 11.4. The zero-order valence-corrected chi connectivity index (χ0v) is 14.2. The van der Waals surface area contributed by atoms with Gasteiger partial charge in [-0.3, -0.25) is 0 Å². The topological polar surface area (TPSA) is 70.3 Å². The van der Waals surface area contributed by atoms with Crippen molar-refractivity contribution in [2.24, 2.45) is 0 Å². The number of rotatable bonds is 5. The van der Waals surface area contributed by atoms with E-state index >= 15 is 0 Å². The van der Waals surface area contributed by atoms with Gasteiger partial charge in [0, 0.05) is 0 Å². The molecular weight excluding hydrogens is 349 g/mol. The van der Waals surface area contributed by atoms with E-state index in [-0.39, 0.29) is 15.8 Å². The van der Waals surface area contributed by atoms with Crippen LogP contribution in [0.1, 0.15) is 16.7 Å². The van der Waals surface area contributed by atoms with Gasteiger partial charge >= 0.3 is 5.97 Å². The molecule has 0 atom stereocenters. The van der Waals surface area contributed by atoms with Crippen molar-refractivity contribution in [3.8, 4) is 11.8 Å². The first-order valence-electron chi connectivity index (χ1n) is 6.93. The Labute approximate surface area is 149 Å². The molecule has 0 heterocycles. The van der Waals surface area contributed by atoms with Crippen LogP contribution in [0.4, 0.5) is 0 Å². The lowest BCUT2D eigenvalue weighted by Crippen LogP contribution is -2.10. The standard InChI is InChI=1S/C18H13Cl2NO3/c1-11-3-2-4-13(5-11)14(9-21)6-12-7-15(19)18(16(20)8-12)24-10-17(22)23/h2-8H,10H2,1H3,(H,22,23)/b14-6+. The summed E-state index contributed by atoms with van der Waals surface area (Å²) in [6.45, 7) is 1.40. The van der Waals surface area contributed by atoms with Gasteiger partial charge in [-0.15, -0.1) is 0 Å². The predicted molar refractivity (Wildman–Crippen MR) is 94.3 cm³/mol. The highest BCUT2D eigenvalue weighted by molar-refractivity contribution is 6.37. The Hall–Kier alpha value is -2.48. The maximum Gasteiger partial charge on any atom is 0.341 e. The number of aliphatic carboxylic acids is 1. The number of allylic oxidation sites excluding steroid dienone is 1. The van der Waals surface area contributed by atoms with Crippen molar-refractivity contribution in [2.45, 2.75) is 6.92 Å². The van der Waals surface area contributed by atoms with E-state index in [2.05, 4.69) is 6.07 Å². The van der Waals surface area contributed by atoms with Gasteiger partial charge in [-0.05, 0) is 36.3 Å². The Morgan fingerprint density at radius 2 is 1.96 bits per heavy atom. The summed E-state index contributed by atoms with van der Waals surface area (Å²) in [6.07, 6.45) is 1.66. The van der Waals surface area contributed by atoms with Crippen molar-refractivity contribution in [3.63, 3.8) is 0 Å². The highest BCUT2D eigenvalue weighted by Gasteiger charge is 2.11. The molecule has 24 heavy (non-hydrogen) atoms. The van der Waals surface area contributed by atoms with E-state index in [0.717, 1.165) is 11.1 Å². The lowest BCUT2D eigenvalue weighted by Gasteiger charge is -2.09. The number of benzene rings is 2.